The first-order valence-electron chi connectivity index (χ1n) is 8.82. The van der Waals surface area contributed by atoms with Gasteiger partial charge in [-0.25, -0.2) is 4.98 Å². The van der Waals surface area contributed by atoms with E-state index in [0.717, 1.165) is 64.5 Å². The molecule has 24 heavy (non-hydrogen) atoms. The molecule has 2 saturated heterocycles. The highest BCUT2D eigenvalue weighted by Crippen LogP contribution is 2.21. The molecule has 1 aromatic rings. The maximum Gasteiger partial charge on any atom is 0.225 e. The van der Waals surface area contributed by atoms with Crippen LogP contribution in [0.3, 0.4) is 0 Å². The number of pyridine rings is 1. The van der Waals surface area contributed by atoms with E-state index >= 15 is 0 Å². The van der Waals surface area contributed by atoms with Crippen molar-refractivity contribution in [1.82, 2.24) is 14.8 Å². The number of hydrogen-bond acceptors (Lipinski definition) is 5. The lowest BCUT2D eigenvalue weighted by atomic mass is 9.95. The zero-order valence-corrected chi connectivity index (χ0v) is 14.1. The Morgan fingerprint density at radius 3 is 2.54 bits per heavy atom. The number of likely N-dealkylation sites (tertiary alicyclic amines) is 1. The molecule has 1 aromatic heterocycles. The molecule has 6 heteroatoms. The molecule has 128 valence electrons. The Kier molecular flexibility index (Phi) is 5.65. The van der Waals surface area contributed by atoms with E-state index in [9.17, 15) is 4.79 Å². The van der Waals surface area contributed by atoms with E-state index in [1.807, 2.05) is 29.3 Å². The third kappa shape index (κ3) is 4.04. The lowest BCUT2D eigenvalue weighted by Gasteiger charge is -2.38. The second kappa shape index (κ2) is 8.11. The summed E-state index contributed by atoms with van der Waals surface area (Å²) in [5.74, 6) is 1.47. The summed E-state index contributed by atoms with van der Waals surface area (Å²) in [7, 11) is 0. The van der Waals surface area contributed by atoms with Gasteiger partial charge in [-0.15, -0.1) is 0 Å². The molecule has 2 aliphatic heterocycles. The summed E-state index contributed by atoms with van der Waals surface area (Å²) in [6.07, 6.45) is 4.23. The molecule has 0 aliphatic carbocycles. The van der Waals surface area contributed by atoms with Gasteiger partial charge >= 0.3 is 0 Å². The van der Waals surface area contributed by atoms with Crippen molar-refractivity contribution in [2.45, 2.75) is 19.3 Å². The number of piperidine rings is 1. The van der Waals surface area contributed by atoms with Gasteiger partial charge in [-0.2, -0.15) is 5.26 Å². The van der Waals surface area contributed by atoms with E-state index in [1.54, 1.807) is 0 Å². The summed E-state index contributed by atoms with van der Waals surface area (Å²) in [6.45, 7) is 5.97. The van der Waals surface area contributed by atoms with E-state index in [1.165, 1.54) is 0 Å². The number of rotatable bonds is 4. The first kappa shape index (κ1) is 16.7. The van der Waals surface area contributed by atoms with Crippen molar-refractivity contribution in [3.05, 3.63) is 24.4 Å². The summed E-state index contributed by atoms with van der Waals surface area (Å²) in [4.78, 5) is 23.7. The van der Waals surface area contributed by atoms with E-state index in [0.29, 0.717) is 12.3 Å². The van der Waals surface area contributed by atoms with Crippen molar-refractivity contribution in [2.24, 2.45) is 5.92 Å². The van der Waals surface area contributed by atoms with Gasteiger partial charge in [0.25, 0.3) is 0 Å². The van der Waals surface area contributed by atoms with Gasteiger partial charge in [0.2, 0.25) is 5.91 Å². The highest BCUT2D eigenvalue weighted by molar-refractivity contribution is 5.79. The normalized spacial score (nSPS) is 20.0. The molecule has 2 aliphatic rings. The number of piperazine rings is 1. The molecule has 0 spiro atoms. The number of nitriles is 1. The molecule has 0 N–H and O–H groups in total. The first-order chi connectivity index (χ1) is 11.8. The third-order valence-corrected chi connectivity index (χ3v) is 5.04. The summed E-state index contributed by atoms with van der Waals surface area (Å²) >= 11 is 0. The molecule has 0 aromatic carbocycles. The SMILES string of the molecule is N#CCCN1CCC(C(=O)N2CCN(c3ccccn3)CC2)CC1. The Labute approximate surface area is 143 Å². The van der Waals surface area contributed by atoms with Gasteiger partial charge in [-0.1, -0.05) is 6.07 Å². The third-order valence-electron chi connectivity index (χ3n) is 5.04. The number of aromatic nitrogens is 1. The largest absolute Gasteiger partial charge is 0.353 e. The zero-order chi connectivity index (χ0) is 16.8. The maximum absolute atomic E-state index is 12.7. The van der Waals surface area contributed by atoms with Crippen molar-refractivity contribution in [3.63, 3.8) is 0 Å². The molecule has 0 radical (unpaired) electrons. The summed E-state index contributed by atoms with van der Waals surface area (Å²) in [5.41, 5.74) is 0. The minimum Gasteiger partial charge on any atom is -0.353 e. The molecule has 3 heterocycles. The Morgan fingerprint density at radius 1 is 1.17 bits per heavy atom. The topological polar surface area (TPSA) is 63.5 Å². The number of carbonyl (C=O) groups is 1. The van der Waals surface area contributed by atoms with Gasteiger partial charge < -0.3 is 14.7 Å². The van der Waals surface area contributed by atoms with E-state index < -0.39 is 0 Å². The highest BCUT2D eigenvalue weighted by atomic mass is 16.2. The molecule has 0 bridgehead atoms. The van der Waals surface area contributed by atoms with Crippen LogP contribution in [0, 0.1) is 17.2 Å². The minimum atomic E-state index is 0.157. The molecule has 0 saturated carbocycles. The van der Waals surface area contributed by atoms with Crippen LogP contribution in [0.2, 0.25) is 0 Å². The van der Waals surface area contributed by atoms with Crippen LogP contribution in [0.4, 0.5) is 5.82 Å². The van der Waals surface area contributed by atoms with Gasteiger partial charge in [0.15, 0.2) is 0 Å². The summed E-state index contributed by atoms with van der Waals surface area (Å²) in [6, 6.07) is 8.14. The van der Waals surface area contributed by atoms with Crippen LogP contribution in [0.5, 0.6) is 0 Å². The first-order valence-corrected chi connectivity index (χ1v) is 8.82. The molecular weight excluding hydrogens is 302 g/mol. The smallest absolute Gasteiger partial charge is 0.225 e. The van der Waals surface area contributed by atoms with Crippen molar-refractivity contribution in [1.29, 1.82) is 5.26 Å². The van der Waals surface area contributed by atoms with Gasteiger partial charge in [0.05, 0.1) is 6.07 Å². The van der Waals surface area contributed by atoms with Crippen molar-refractivity contribution in [2.75, 3.05) is 50.7 Å². The molecule has 0 unspecified atom stereocenters. The number of amides is 1. The monoisotopic (exact) mass is 327 g/mol. The van der Waals surface area contributed by atoms with Crippen LogP contribution >= 0.6 is 0 Å². The Hall–Kier alpha value is -2.13. The lowest BCUT2D eigenvalue weighted by molar-refractivity contribution is -0.137. The van der Waals surface area contributed by atoms with Gasteiger partial charge in [0.1, 0.15) is 5.82 Å². The number of carbonyl (C=O) groups excluding carboxylic acids is 1. The second-order valence-corrected chi connectivity index (χ2v) is 6.52. The average Bonchev–Trinajstić information content (AvgIpc) is 2.67. The molecular formula is C18H25N5O. The van der Waals surface area contributed by atoms with Gasteiger partial charge in [-0.05, 0) is 38.1 Å². The van der Waals surface area contributed by atoms with E-state index in [-0.39, 0.29) is 5.92 Å². The quantitative estimate of drug-likeness (QED) is 0.835. The summed E-state index contributed by atoms with van der Waals surface area (Å²) < 4.78 is 0. The minimum absolute atomic E-state index is 0.157. The standard InChI is InChI=1S/C18H25N5O/c19-7-3-9-21-10-5-16(6-11-21)18(24)23-14-12-22(13-15-23)17-4-1-2-8-20-17/h1-2,4,8,16H,3,5-6,9-15H2. The predicted octanol–water partition coefficient (Wildman–Crippen LogP) is 1.36. The molecule has 0 atom stereocenters. The Bertz CT molecular complexity index is 569. The molecule has 3 rings (SSSR count). The fraction of sp³-hybridized carbons (Fsp3) is 0.611. The Balaban J connectivity index is 1.45. The van der Waals surface area contributed by atoms with Crippen LogP contribution in [-0.4, -0.2) is 66.5 Å². The summed E-state index contributed by atoms with van der Waals surface area (Å²) in [5, 5.41) is 8.67. The number of nitrogens with zero attached hydrogens (tertiary/aromatic N) is 5. The van der Waals surface area contributed by atoms with E-state index in [4.69, 9.17) is 5.26 Å². The van der Waals surface area contributed by atoms with Crippen LogP contribution in [-0.2, 0) is 4.79 Å². The number of hydrogen-bond donors (Lipinski definition) is 0. The lowest BCUT2D eigenvalue weighted by Crippen LogP contribution is -2.51. The number of anilines is 1. The van der Waals surface area contributed by atoms with E-state index in [2.05, 4.69) is 20.9 Å². The average molecular weight is 327 g/mol. The van der Waals surface area contributed by atoms with Crippen LogP contribution in [0.15, 0.2) is 24.4 Å². The van der Waals surface area contributed by atoms with Gasteiger partial charge in [-0.3, -0.25) is 4.79 Å². The van der Waals surface area contributed by atoms with Gasteiger partial charge in [0, 0.05) is 51.3 Å². The van der Waals surface area contributed by atoms with Crippen molar-refractivity contribution >= 4 is 11.7 Å². The van der Waals surface area contributed by atoms with Crippen LogP contribution < -0.4 is 4.90 Å². The molecule has 1 amide bonds. The fourth-order valence-corrected chi connectivity index (χ4v) is 3.57. The van der Waals surface area contributed by atoms with Crippen LogP contribution in [0.25, 0.3) is 0 Å². The predicted molar refractivity (Wildman–Crippen MR) is 92.4 cm³/mol. The maximum atomic E-state index is 12.7. The second-order valence-electron chi connectivity index (χ2n) is 6.52. The van der Waals surface area contributed by atoms with Crippen molar-refractivity contribution in [3.8, 4) is 6.07 Å². The Morgan fingerprint density at radius 2 is 1.92 bits per heavy atom. The van der Waals surface area contributed by atoms with Crippen molar-refractivity contribution < 1.29 is 4.79 Å². The van der Waals surface area contributed by atoms with Crippen LogP contribution in [0.1, 0.15) is 19.3 Å². The fourth-order valence-electron chi connectivity index (χ4n) is 3.57. The molecule has 2 fully saturated rings. The zero-order valence-electron chi connectivity index (χ0n) is 14.1. The highest BCUT2D eigenvalue weighted by Gasteiger charge is 2.30. The molecule has 6 nitrogen and oxygen atoms in total.